The zero-order valence-electron chi connectivity index (χ0n) is 15.5. The molecule has 0 radical (unpaired) electrons. The highest BCUT2D eigenvalue weighted by Gasteiger charge is 2.25. The van der Waals surface area contributed by atoms with E-state index in [1.54, 1.807) is 28.9 Å². The molecule has 1 aromatic carbocycles. The molecule has 4 rings (SSSR count). The Morgan fingerprint density at radius 2 is 2.00 bits per heavy atom. The lowest BCUT2D eigenvalue weighted by atomic mass is 10.1. The zero-order chi connectivity index (χ0) is 19.5. The summed E-state index contributed by atoms with van der Waals surface area (Å²) in [6.07, 6.45) is 2.22. The molecule has 8 heteroatoms. The van der Waals surface area contributed by atoms with Crippen molar-refractivity contribution in [3.63, 3.8) is 0 Å². The number of hydrogen-bond acceptors (Lipinski definition) is 5. The van der Waals surface area contributed by atoms with Gasteiger partial charge >= 0.3 is 0 Å². The predicted molar refractivity (Wildman–Crippen MR) is 103 cm³/mol. The van der Waals surface area contributed by atoms with Crippen LogP contribution in [0.25, 0.3) is 11.3 Å². The highest BCUT2D eigenvalue weighted by Crippen LogP contribution is 2.15. The monoisotopic (exact) mass is 376 g/mol. The predicted octanol–water partition coefficient (Wildman–Crippen LogP) is 1.40. The van der Waals surface area contributed by atoms with Crippen molar-refractivity contribution in [2.24, 2.45) is 0 Å². The van der Waals surface area contributed by atoms with Gasteiger partial charge < -0.3 is 10.2 Å². The molecular weight excluding hydrogens is 356 g/mol. The first-order valence-electron chi connectivity index (χ1n) is 9.10. The summed E-state index contributed by atoms with van der Waals surface area (Å²) in [5.41, 5.74) is 2.56. The first-order chi connectivity index (χ1) is 13.6. The second-order valence-electron chi connectivity index (χ2n) is 6.59. The second-order valence-corrected chi connectivity index (χ2v) is 6.59. The summed E-state index contributed by atoms with van der Waals surface area (Å²) in [6, 6.07) is 13.3. The van der Waals surface area contributed by atoms with Gasteiger partial charge in [0.15, 0.2) is 5.69 Å². The van der Waals surface area contributed by atoms with E-state index in [9.17, 15) is 9.59 Å². The number of hydrogen-bond donors (Lipinski definition) is 1. The molecule has 0 spiro atoms. The molecule has 3 heterocycles. The first-order valence-corrected chi connectivity index (χ1v) is 9.10. The van der Waals surface area contributed by atoms with Crippen LogP contribution < -0.4 is 5.32 Å². The Balaban J connectivity index is 1.38. The molecule has 1 aliphatic heterocycles. The molecule has 2 aromatic heterocycles. The quantitative estimate of drug-likeness (QED) is 0.727. The Bertz CT molecular complexity index is 1010. The third kappa shape index (κ3) is 3.62. The van der Waals surface area contributed by atoms with Gasteiger partial charge in [0, 0.05) is 44.4 Å². The van der Waals surface area contributed by atoms with Crippen LogP contribution in [0.5, 0.6) is 0 Å². The molecule has 2 amide bonds. The lowest BCUT2D eigenvalue weighted by molar-refractivity contribution is 0.0742. The van der Waals surface area contributed by atoms with E-state index in [4.69, 9.17) is 0 Å². The number of rotatable bonds is 5. The van der Waals surface area contributed by atoms with E-state index >= 15 is 0 Å². The smallest absolute Gasteiger partial charge is 0.271 e. The summed E-state index contributed by atoms with van der Waals surface area (Å²) < 4.78 is 1.59. The number of likely N-dealkylation sites (N-methyl/N-ethyl adjacent to an activating group) is 1. The van der Waals surface area contributed by atoms with Crippen molar-refractivity contribution in [1.82, 2.24) is 30.0 Å². The fraction of sp³-hybridized carbons (Fsp3) is 0.250. The minimum atomic E-state index is -0.309. The Labute approximate surface area is 162 Å². The maximum atomic E-state index is 12.4. The highest BCUT2D eigenvalue weighted by atomic mass is 16.2. The van der Waals surface area contributed by atoms with Crippen molar-refractivity contribution in [3.8, 4) is 11.3 Å². The summed E-state index contributed by atoms with van der Waals surface area (Å²) in [4.78, 5) is 34.9. The lowest BCUT2D eigenvalue weighted by Gasteiger charge is -2.22. The molecule has 0 bridgehead atoms. The van der Waals surface area contributed by atoms with Gasteiger partial charge in [-0.05, 0) is 6.07 Å². The summed E-state index contributed by atoms with van der Waals surface area (Å²) in [5, 5.41) is 7.06. The normalized spacial score (nSPS) is 13.3. The standard InChI is InChI=1S/C20H20N6O2/c1-25-11-12-26-17(20(25)28)13-16(24-26)19(27)22-10-8-18-21-9-7-15(23-18)14-5-3-2-4-6-14/h2-7,9,13H,8,10-12H2,1H3,(H,22,27). The topological polar surface area (TPSA) is 93.0 Å². The van der Waals surface area contributed by atoms with Crippen LogP contribution in [0, 0.1) is 0 Å². The van der Waals surface area contributed by atoms with Crippen molar-refractivity contribution in [2.45, 2.75) is 13.0 Å². The largest absolute Gasteiger partial charge is 0.350 e. The highest BCUT2D eigenvalue weighted by molar-refractivity contribution is 5.98. The molecule has 3 aromatic rings. The van der Waals surface area contributed by atoms with Gasteiger partial charge in [0.2, 0.25) is 0 Å². The van der Waals surface area contributed by atoms with Crippen molar-refractivity contribution < 1.29 is 9.59 Å². The molecule has 142 valence electrons. The van der Waals surface area contributed by atoms with Crippen molar-refractivity contribution in [1.29, 1.82) is 0 Å². The molecular formula is C20H20N6O2. The molecule has 8 nitrogen and oxygen atoms in total. The van der Waals surface area contributed by atoms with E-state index in [-0.39, 0.29) is 17.5 Å². The first kappa shape index (κ1) is 17.8. The van der Waals surface area contributed by atoms with Gasteiger partial charge in [0.1, 0.15) is 11.5 Å². The summed E-state index contributed by atoms with van der Waals surface area (Å²) in [7, 11) is 1.74. The average molecular weight is 376 g/mol. The van der Waals surface area contributed by atoms with E-state index in [0.29, 0.717) is 37.6 Å². The SMILES string of the molecule is CN1CCn2nc(C(=O)NCCc3nccc(-c4ccccc4)n3)cc2C1=O. The number of carbonyl (C=O) groups is 2. The molecule has 0 unspecified atom stereocenters. The zero-order valence-corrected chi connectivity index (χ0v) is 15.5. The molecule has 1 N–H and O–H groups in total. The second kappa shape index (κ2) is 7.59. The Morgan fingerprint density at radius 3 is 2.82 bits per heavy atom. The third-order valence-electron chi connectivity index (χ3n) is 4.63. The van der Waals surface area contributed by atoms with Gasteiger partial charge in [0.25, 0.3) is 11.8 Å². The molecule has 1 aliphatic rings. The lowest BCUT2D eigenvalue weighted by Crippen LogP contribution is -2.37. The maximum Gasteiger partial charge on any atom is 0.271 e. The molecule has 0 fully saturated rings. The molecule has 0 saturated carbocycles. The number of aromatic nitrogens is 4. The fourth-order valence-corrected chi connectivity index (χ4v) is 3.08. The number of benzene rings is 1. The molecule has 0 saturated heterocycles. The number of nitrogens with one attached hydrogen (secondary N) is 1. The van der Waals surface area contributed by atoms with E-state index < -0.39 is 0 Å². The summed E-state index contributed by atoms with van der Waals surface area (Å²) in [6.45, 7) is 1.56. The van der Waals surface area contributed by atoms with E-state index in [1.807, 2.05) is 36.4 Å². The van der Waals surface area contributed by atoms with Crippen LogP contribution in [0.1, 0.15) is 26.8 Å². The minimum Gasteiger partial charge on any atom is -0.350 e. The van der Waals surface area contributed by atoms with Crippen LogP contribution in [-0.2, 0) is 13.0 Å². The van der Waals surface area contributed by atoms with Crippen LogP contribution in [0.3, 0.4) is 0 Å². The van der Waals surface area contributed by atoms with Crippen LogP contribution in [0.15, 0.2) is 48.7 Å². The fourth-order valence-electron chi connectivity index (χ4n) is 3.08. The number of amides is 2. The van der Waals surface area contributed by atoms with Gasteiger partial charge in [-0.25, -0.2) is 9.97 Å². The third-order valence-corrected chi connectivity index (χ3v) is 4.63. The van der Waals surface area contributed by atoms with Gasteiger partial charge in [0.05, 0.1) is 12.2 Å². The maximum absolute atomic E-state index is 12.4. The van der Waals surface area contributed by atoms with Gasteiger partial charge in [-0.1, -0.05) is 30.3 Å². The molecule has 0 aliphatic carbocycles. The number of fused-ring (bicyclic) bond motifs is 1. The Kier molecular flexibility index (Phi) is 4.84. The van der Waals surface area contributed by atoms with Crippen molar-refractivity contribution >= 4 is 11.8 Å². The van der Waals surface area contributed by atoms with Gasteiger partial charge in [-0.3, -0.25) is 14.3 Å². The number of nitrogens with zero attached hydrogens (tertiary/aromatic N) is 5. The average Bonchev–Trinajstić information content (AvgIpc) is 3.17. The molecule has 28 heavy (non-hydrogen) atoms. The van der Waals surface area contributed by atoms with E-state index in [0.717, 1.165) is 11.3 Å². The summed E-state index contributed by atoms with van der Waals surface area (Å²) >= 11 is 0. The summed E-state index contributed by atoms with van der Waals surface area (Å²) in [5.74, 6) is 0.225. The molecule has 0 atom stereocenters. The van der Waals surface area contributed by atoms with Gasteiger partial charge in [-0.15, -0.1) is 0 Å². The van der Waals surface area contributed by atoms with Crippen LogP contribution in [0.2, 0.25) is 0 Å². The van der Waals surface area contributed by atoms with Crippen LogP contribution >= 0.6 is 0 Å². The van der Waals surface area contributed by atoms with Crippen molar-refractivity contribution in [3.05, 3.63) is 65.9 Å². The van der Waals surface area contributed by atoms with Gasteiger partial charge in [-0.2, -0.15) is 5.10 Å². The Morgan fingerprint density at radius 1 is 1.18 bits per heavy atom. The van der Waals surface area contributed by atoms with E-state index in [2.05, 4.69) is 20.4 Å². The van der Waals surface area contributed by atoms with Crippen LogP contribution in [0.4, 0.5) is 0 Å². The van der Waals surface area contributed by atoms with E-state index in [1.165, 1.54) is 0 Å². The van der Waals surface area contributed by atoms with Crippen molar-refractivity contribution in [2.75, 3.05) is 20.1 Å². The minimum absolute atomic E-state index is 0.121. The Hall–Kier alpha value is -3.55. The number of carbonyl (C=O) groups excluding carboxylic acids is 2. The van der Waals surface area contributed by atoms with Crippen LogP contribution in [-0.4, -0.2) is 56.6 Å².